The molecule has 8 heteroatoms. The molecule has 1 atom stereocenters. The van der Waals surface area contributed by atoms with Crippen LogP contribution in [0.3, 0.4) is 0 Å². The summed E-state index contributed by atoms with van der Waals surface area (Å²) < 4.78 is 20.4. The zero-order chi connectivity index (χ0) is 25.3. The quantitative estimate of drug-likeness (QED) is 0.437. The van der Waals surface area contributed by atoms with Gasteiger partial charge in [-0.25, -0.2) is 4.39 Å². The van der Waals surface area contributed by atoms with E-state index in [1.165, 1.54) is 25.3 Å². The molecule has 5 rings (SSSR count). The number of fused-ring (bicyclic) bond motifs is 2. The molecule has 4 aromatic rings. The fraction of sp³-hybridized carbons (Fsp3) is 0.143. The van der Waals surface area contributed by atoms with Crippen LogP contribution < -0.4 is 20.5 Å². The Kier molecular flexibility index (Phi) is 5.92. The Hall–Kier alpha value is -4.61. The van der Waals surface area contributed by atoms with Gasteiger partial charge in [0.15, 0.2) is 0 Å². The summed E-state index contributed by atoms with van der Waals surface area (Å²) >= 11 is 0. The van der Waals surface area contributed by atoms with Gasteiger partial charge in [-0.15, -0.1) is 0 Å². The molecule has 0 spiro atoms. The lowest BCUT2D eigenvalue weighted by Crippen LogP contribution is -2.58. The van der Waals surface area contributed by atoms with Crippen LogP contribution in [0.2, 0.25) is 0 Å². The molecule has 1 aliphatic heterocycles. The van der Waals surface area contributed by atoms with Gasteiger partial charge in [-0.1, -0.05) is 30.3 Å². The highest BCUT2D eigenvalue weighted by atomic mass is 19.1. The average molecular weight is 482 g/mol. The lowest BCUT2D eigenvalue weighted by molar-refractivity contribution is -0.122. The zero-order valence-corrected chi connectivity index (χ0v) is 19.4. The number of ether oxygens (including phenoxy) is 1. The van der Waals surface area contributed by atoms with Crippen LogP contribution in [0.5, 0.6) is 5.75 Å². The van der Waals surface area contributed by atoms with Gasteiger partial charge in [-0.3, -0.25) is 4.79 Å². The molecule has 1 amide bonds. The highest BCUT2D eigenvalue weighted by Crippen LogP contribution is 2.35. The number of nitrogens with zero attached hydrogens (tertiary/aromatic N) is 2. The minimum absolute atomic E-state index is 0.0141. The Balaban J connectivity index is 1.73. The number of H-pyrrole nitrogens is 1. The molecule has 0 saturated heterocycles. The monoisotopic (exact) mass is 481 g/mol. The number of methoxy groups -OCH3 is 1. The number of hydrogen-bond donors (Lipinski definition) is 2. The highest BCUT2D eigenvalue weighted by molar-refractivity contribution is 6.09. The molecule has 0 bridgehead atoms. The molecule has 1 unspecified atom stereocenters. The average Bonchev–Trinajstić information content (AvgIpc) is 3.30. The van der Waals surface area contributed by atoms with Gasteiger partial charge in [0.2, 0.25) is 0 Å². The van der Waals surface area contributed by atoms with Gasteiger partial charge in [-0.2, -0.15) is 5.26 Å². The maximum absolute atomic E-state index is 15.0. The van der Waals surface area contributed by atoms with E-state index in [1.54, 1.807) is 36.5 Å². The molecule has 36 heavy (non-hydrogen) atoms. The first-order valence-electron chi connectivity index (χ1n) is 11.4. The summed E-state index contributed by atoms with van der Waals surface area (Å²) in [6, 6.07) is 20.4. The van der Waals surface area contributed by atoms with E-state index in [0.29, 0.717) is 26.9 Å². The number of hydrogen-bond acceptors (Lipinski definition) is 5. The number of carbonyl (C=O) groups is 1. The standard InChI is InChI=1S/C28H22FN4O3/c1-36-19-11-12-20-18(15-19)16-28(13-6-14-30,33(35)26(20)21-7-2-4-9-23(21)29)27(34)32-25-17-31-24-10-5-3-8-22(24)25/h2-5,7-12,15-17,31H,6,13H2,1H3,(H,32,34)/q-1. The Morgan fingerprint density at radius 2 is 1.97 bits per heavy atom. The third-order valence-electron chi connectivity index (χ3n) is 6.45. The maximum Gasteiger partial charge on any atom is 0.253 e. The minimum atomic E-state index is -1.81. The van der Waals surface area contributed by atoms with Crippen molar-refractivity contribution in [3.63, 3.8) is 0 Å². The number of para-hydroxylation sites is 1. The van der Waals surface area contributed by atoms with Crippen molar-refractivity contribution in [2.24, 2.45) is 0 Å². The van der Waals surface area contributed by atoms with E-state index in [4.69, 9.17) is 4.74 Å². The van der Waals surface area contributed by atoms with Gasteiger partial charge < -0.3 is 25.3 Å². The largest absolute Gasteiger partial charge is 0.757 e. The number of aromatic amines is 1. The molecule has 7 nitrogen and oxygen atoms in total. The molecule has 3 aromatic carbocycles. The molecular formula is C28H22FN4O3-. The molecule has 2 N–H and O–H groups in total. The predicted octanol–water partition coefficient (Wildman–Crippen LogP) is 3.75. The van der Waals surface area contributed by atoms with Crippen LogP contribution in [0.1, 0.15) is 18.4 Å². The number of nitriles is 1. The van der Waals surface area contributed by atoms with Crippen LogP contribution in [-0.4, -0.2) is 28.6 Å². The van der Waals surface area contributed by atoms with Crippen LogP contribution in [0.15, 0.2) is 72.9 Å². The van der Waals surface area contributed by atoms with Gasteiger partial charge >= 0.3 is 0 Å². The number of carbonyl (C=O) groups excluding carboxylic acids is 1. The highest BCUT2D eigenvalue weighted by Gasteiger charge is 2.41. The molecule has 0 fully saturated rings. The number of halogens is 1. The first kappa shape index (κ1) is 23.1. The van der Waals surface area contributed by atoms with Crippen LogP contribution in [-0.2, 0) is 4.79 Å². The second-order valence-electron chi connectivity index (χ2n) is 8.50. The van der Waals surface area contributed by atoms with E-state index in [1.807, 2.05) is 30.3 Å². The number of amides is 1. The van der Waals surface area contributed by atoms with Gasteiger partial charge in [0.1, 0.15) is 17.1 Å². The lowest BCUT2D eigenvalue weighted by Gasteiger charge is -2.50. The van der Waals surface area contributed by atoms with Crippen LogP contribution in [0.25, 0.3) is 22.7 Å². The molecule has 0 saturated carbocycles. The van der Waals surface area contributed by atoms with Gasteiger partial charge in [0.25, 0.3) is 5.91 Å². The van der Waals surface area contributed by atoms with Crippen molar-refractivity contribution in [3.8, 4) is 11.8 Å². The van der Waals surface area contributed by atoms with E-state index in [0.717, 1.165) is 10.9 Å². The summed E-state index contributed by atoms with van der Waals surface area (Å²) in [5.41, 5.74) is -0.421. The number of benzene rings is 3. The zero-order valence-electron chi connectivity index (χ0n) is 19.4. The summed E-state index contributed by atoms with van der Waals surface area (Å²) in [5, 5.41) is 28.7. The first-order chi connectivity index (χ1) is 17.5. The van der Waals surface area contributed by atoms with Gasteiger partial charge in [0.05, 0.1) is 18.9 Å². The number of rotatable bonds is 6. The van der Waals surface area contributed by atoms with Crippen LogP contribution >= 0.6 is 0 Å². The summed E-state index contributed by atoms with van der Waals surface area (Å²) in [7, 11) is 1.51. The van der Waals surface area contributed by atoms with E-state index in [-0.39, 0.29) is 24.1 Å². The molecule has 1 aromatic heterocycles. The van der Waals surface area contributed by atoms with E-state index >= 15 is 0 Å². The molecule has 180 valence electrons. The van der Waals surface area contributed by atoms with Gasteiger partial charge in [-0.05, 0) is 54.1 Å². The summed E-state index contributed by atoms with van der Waals surface area (Å²) in [5.74, 6) is -0.702. The Morgan fingerprint density at radius 1 is 1.19 bits per heavy atom. The molecule has 2 heterocycles. The smallest absolute Gasteiger partial charge is 0.253 e. The predicted molar refractivity (Wildman–Crippen MR) is 135 cm³/mol. The normalized spacial score (nSPS) is 16.7. The number of anilines is 1. The lowest BCUT2D eigenvalue weighted by atomic mass is 9.85. The van der Waals surface area contributed by atoms with E-state index in [9.17, 15) is 19.7 Å². The first-order valence-corrected chi connectivity index (χ1v) is 11.4. The third kappa shape index (κ3) is 3.76. The Labute approximate surface area is 206 Å². The van der Waals surface area contributed by atoms with Crippen molar-refractivity contribution in [1.82, 2.24) is 10.0 Å². The van der Waals surface area contributed by atoms with Crippen molar-refractivity contribution in [3.05, 3.63) is 100.0 Å². The second-order valence-corrected chi connectivity index (χ2v) is 8.50. The number of nitrogens with one attached hydrogen (secondary N) is 2. The summed E-state index contributed by atoms with van der Waals surface area (Å²) in [4.78, 5) is 17.0. The Bertz CT molecular complexity index is 1640. The third-order valence-corrected chi connectivity index (χ3v) is 6.45. The molecule has 1 aliphatic rings. The summed E-state index contributed by atoms with van der Waals surface area (Å²) in [6.07, 6.45) is 3.02. The van der Waals surface area contributed by atoms with E-state index in [2.05, 4.69) is 10.3 Å². The topological polar surface area (TPSA) is 104 Å². The maximum atomic E-state index is 15.0. The number of hydroxylamine groups is 2. The van der Waals surface area contributed by atoms with Crippen molar-refractivity contribution in [2.75, 3.05) is 12.4 Å². The number of aromatic nitrogens is 1. The van der Waals surface area contributed by atoms with Crippen LogP contribution in [0, 0.1) is 22.4 Å². The van der Waals surface area contributed by atoms with Crippen molar-refractivity contribution in [2.45, 2.75) is 18.4 Å². The van der Waals surface area contributed by atoms with Crippen LogP contribution in [0.4, 0.5) is 10.1 Å². The molecular weight excluding hydrogens is 459 g/mol. The molecule has 0 aliphatic carbocycles. The fourth-order valence-electron chi connectivity index (χ4n) is 4.63. The SMILES string of the molecule is COc1ccc2c(c1)=CC(CCC#N)(C(=O)Nc1c[nH]c3ccccc13)N([O-])C=2c1ccccc1F. The van der Waals surface area contributed by atoms with Crippen molar-refractivity contribution < 1.29 is 13.9 Å². The minimum Gasteiger partial charge on any atom is -0.757 e. The van der Waals surface area contributed by atoms with Gasteiger partial charge in [0, 0.05) is 40.0 Å². The molecule has 0 radical (unpaired) electrons. The summed E-state index contributed by atoms with van der Waals surface area (Å²) in [6.45, 7) is 0. The van der Waals surface area contributed by atoms with Crippen molar-refractivity contribution >= 4 is 34.3 Å². The fourth-order valence-corrected chi connectivity index (χ4v) is 4.63. The Morgan fingerprint density at radius 3 is 2.75 bits per heavy atom. The van der Waals surface area contributed by atoms with E-state index < -0.39 is 17.3 Å². The van der Waals surface area contributed by atoms with Crippen molar-refractivity contribution in [1.29, 1.82) is 5.26 Å². The second kappa shape index (κ2) is 9.21.